The zero-order valence-electron chi connectivity index (χ0n) is 18.5. The summed E-state index contributed by atoms with van der Waals surface area (Å²) in [5.41, 5.74) is 2.96. The molecule has 0 saturated carbocycles. The number of hydrogen-bond donors (Lipinski definition) is 2. The van der Waals surface area contributed by atoms with Crippen molar-refractivity contribution in [2.45, 2.75) is 12.5 Å². The van der Waals surface area contributed by atoms with Gasteiger partial charge in [-0.3, -0.25) is 4.40 Å². The maximum Gasteiger partial charge on any atom is 0.328 e. The summed E-state index contributed by atoms with van der Waals surface area (Å²) in [4.78, 5) is 21.7. The summed E-state index contributed by atoms with van der Waals surface area (Å²) in [6, 6.07) is 13.3. The zero-order chi connectivity index (χ0) is 23.4. The molecular weight excluding hydrogens is 424 g/mol. The van der Waals surface area contributed by atoms with Crippen LogP contribution in [0.3, 0.4) is 0 Å². The molecule has 0 spiro atoms. The Bertz CT molecular complexity index is 1270. The number of phenols is 1. The van der Waals surface area contributed by atoms with Gasteiger partial charge in [-0.15, -0.1) is 0 Å². The fraction of sp³-hybridized carbons (Fsp3) is 0.208. The van der Waals surface area contributed by atoms with E-state index in [0.717, 1.165) is 11.1 Å². The third-order valence-electron chi connectivity index (χ3n) is 5.23. The van der Waals surface area contributed by atoms with Crippen LogP contribution < -0.4 is 14.8 Å². The Kier molecular flexibility index (Phi) is 6.30. The Morgan fingerprint density at radius 1 is 1.06 bits per heavy atom. The molecule has 0 fully saturated rings. The predicted octanol–water partition coefficient (Wildman–Crippen LogP) is 3.32. The van der Waals surface area contributed by atoms with Crippen molar-refractivity contribution in [1.82, 2.24) is 14.4 Å². The molecule has 2 heterocycles. The highest BCUT2D eigenvalue weighted by molar-refractivity contribution is 5.79. The smallest absolute Gasteiger partial charge is 0.328 e. The molecule has 2 N–H and O–H groups in total. The van der Waals surface area contributed by atoms with Crippen molar-refractivity contribution < 1.29 is 24.1 Å². The number of carbonyl (C=O) groups is 1. The molecule has 9 nitrogen and oxygen atoms in total. The van der Waals surface area contributed by atoms with Gasteiger partial charge in [-0.05, 0) is 35.9 Å². The Labute approximate surface area is 190 Å². The fourth-order valence-electron chi connectivity index (χ4n) is 3.53. The number of nitrogens with zero attached hydrogens (tertiary/aromatic N) is 3. The minimum absolute atomic E-state index is 0.158. The van der Waals surface area contributed by atoms with Crippen LogP contribution in [-0.2, 0) is 16.0 Å². The van der Waals surface area contributed by atoms with Crippen molar-refractivity contribution in [3.8, 4) is 28.5 Å². The standard InChI is InChI=1S/C24H24N4O5/c1-31-20-9-6-16(13-21(20)32-2)18-14-22-25-10-11-28(22)24(26-18)27-19(23(30)33-3)12-15-4-7-17(29)8-5-15/h4-11,13-14,19,29H,12H2,1-3H3,(H,26,27). The molecule has 170 valence electrons. The van der Waals surface area contributed by atoms with Gasteiger partial charge in [0.1, 0.15) is 17.4 Å². The van der Waals surface area contributed by atoms with Gasteiger partial charge < -0.3 is 24.6 Å². The van der Waals surface area contributed by atoms with E-state index in [1.807, 2.05) is 18.2 Å². The van der Waals surface area contributed by atoms with Crippen molar-refractivity contribution in [2.24, 2.45) is 0 Å². The molecule has 0 saturated heterocycles. The molecule has 4 aromatic rings. The minimum atomic E-state index is -0.710. The zero-order valence-corrected chi connectivity index (χ0v) is 18.5. The first-order valence-electron chi connectivity index (χ1n) is 10.2. The lowest BCUT2D eigenvalue weighted by atomic mass is 10.1. The van der Waals surface area contributed by atoms with Gasteiger partial charge in [-0.25, -0.2) is 14.8 Å². The summed E-state index contributed by atoms with van der Waals surface area (Å²) >= 11 is 0. The van der Waals surface area contributed by atoms with Gasteiger partial charge in [-0.2, -0.15) is 0 Å². The van der Waals surface area contributed by atoms with Gasteiger partial charge in [0.25, 0.3) is 0 Å². The lowest BCUT2D eigenvalue weighted by Crippen LogP contribution is -2.34. The van der Waals surface area contributed by atoms with Gasteiger partial charge in [0.2, 0.25) is 5.95 Å². The van der Waals surface area contributed by atoms with Gasteiger partial charge >= 0.3 is 5.97 Å². The van der Waals surface area contributed by atoms with E-state index in [0.29, 0.717) is 35.2 Å². The van der Waals surface area contributed by atoms with Gasteiger partial charge in [0.05, 0.1) is 27.0 Å². The van der Waals surface area contributed by atoms with Crippen LogP contribution in [0.5, 0.6) is 17.2 Å². The first-order chi connectivity index (χ1) is 16.0. The first kappa shape index (κ1) is 21.9. The molecule has 9 heteroatoms. The summed E-state index contributed by atoms with van der Waals surface area (Å²) in [5.74, 6) is 1.35. The van der Waals surface area contributed by atoms with E-state index in [-0.39, 0.29) is 5.75 Å². The third kappa shape index (κ3) is 4.67. The number of aromatic hydroxyl groups is 1. The second-order valence-corrected chi connectivity index (χ2v) is 7.28. The number of hydrogen-bond acceptors (Lipinski definition) is 8. The highest BCUT2D eigenvalue weighted by Gasteiger charge is 2.22. The minimum Gasteiger partial charge on any atom is -0.508 e. The Morgan fingerprint density at radius 2 is 1.82 bits per heavy atom. The molecule has 4 rings (SSSR count). The average Bonchev–Trinajstić information content (AvgIpc) is 3.33. The van der Waals surface area contributed by atoms with Crippen molar-refractivity contribution in [3.63, 3.8) is 0 Å². The lowest BCUT2D eigenvalue weighted by Gasteiger charge is -2.19. The topological polar surface area (TPSA) is 107 Å². The van der Waals surface area contributed by atoms with Crippen molar-refractivity contribution in [3.05, 3.63) is 66.5 Å². The summed E-state index contributed by atoms with van der Waals surface area (Å²) in [6.45, 7) is 0. The second-order valence-electron chi connectivity index (χ2n) is 7.28. The van der Waals surface area contributed by atoms with E-state index in [1.165, 1.54) is 7.11 Å². The predicted molar refractivity (Wildman–Crippen MR) is 123 cm³/mol. The average molecular weight is 448 g/mol. The van der Waals surface area contributed by atoms with Crippen LogP contribution in [0.2, 0.25) is 0 Å². The second kappa shape index (κ2) is 9.47. The van der Waals surface area contributed by atoms with Crippen molar-refractivity contribution in [1.29, 1.82) is 0 Å². The van der Waals surface area contributed by atoms with Crippen LogP contribution in [0.1, 0.15) is 5.56 Å². The largest absolute Gasteiger partial charge is 0.508 e. The van der Waals surface area contributed by atoms with E-state index >= 15 is 0 Å². The number of benzene rings is 2. The number of esters is 1. The quantitative estimate of drug-likeness (QED) is 0.396. The van der Waals surface area contributed by atoms with E-state index < -0.39 is 12.0 Å². The van der Waals surface area contributed by atoms with Gasteiger partial charge in [0, 0.05) is 30.4 Å². The highest BCUT2D eigenvalue weighted by atomic mass is 16.5. The van der Waals surface area contributed by atoms with Crippen LogP contribution in [0, 0.1) is 0 Å². The molecule has 0 radical (unpaired) electrons. The number of rotatable bonds is 8. The molecule has 33 heavy (non-hydrogen) atoms. The fourth-order valence-corrected chi connectivity index (χ4v) is 3.53. The van der Waals surface area contributed by atoms with Crippen LogP contribution in [0.4, 0.5) is 5.95 Å². The summed E-state index contributed by atoms with van der Waals surface area (Å²) in [5, 5.41) is 12.7. The number of fused-ring (bicyclic) bond motifs is 1. The van der Waals surface area contributed by atoms with Crippen LogP contribution in [0.15, 0.2) is 60.9 Å². The molecule has 0 bridgehead atoms. The molecule has 2 aromatic carbocycles. The summed E-state index contributed by atoms with van der Waals surface area (Å²) in [7, 11) is 4.49. The Hall–Kier alpha value is -4.27. The van der Waals surface area contributed by atoms with Gasteiger partial charge in [-0.1, -0.05) is 12.1 Å². The molecule has 1 atom stereocenters. The summed E-state index contributed by atoms with van der Waals surface area (Å²) in [6.07, 6.45) is 3.76. The Balaban J connectivity index is 1.72. The first-order valence-corrected chi connectivity index (χ1v) is 10.2. The van der Waals surface area contributed by atoms with E-state index in [2.05, 4.69) is 10.3 Å². The van der Waals surface area contributed by atoms with E-state index in [1.54, 1.807) is 61.3 Å². The highest BCUT2D eigenvalue weighted by Crippen LogP contribution is 2.32. The van der Waals surface area contributed by atoms with Crippen molar-refractivity contribution in [2.75, 3.05) is 26.6 Å². The number of methoxy groups -OCH3 is 3. The molecule has 2 aromatic heterocycles. The number of anilines is 1. The van der Waals surface area contributed by atoms with Crippen molar-refractivity contribution >= 4 is 17.6 Å². The number of imidazole rings is 1. The normalized spacial score (nSPS) is 11.7. The third-order valence-corrected chi connectivity index (χ3v) is 5.23. The number of carbonyl (C=O) groups excluding carboxylic acids is 1. The molecular formula is C24H24N4O5. The summed E-state index contributed by atoms with van der Waals surface area (Å²) < 4.78 is 17.5. The van der Waals surface area contributed by atoms with Crippen LogP contribution >= 0.6 is 0 Å². The maximum atomic E-state index is 12.6. The number of phenolic OH excluding ortho intramolecular Hbond substituents is 1. The SMILES string of the molecule is COC(=O)C(Cc1ccc(O)cc1)Nc1nc(-c2ccc(OC)c(OC)c2)cc2nccn12. The molecule has 1 unspecified atom stereocenters. The van der Waals surface area contributed by atoms with Gasteiger partial charge in [0.15, 0.2) is 11.5 Å². The Morgan fingerprint density at radius 3 is 2.52 bits per heavy atom. The molecule has 0 amide bonds. The maximum absolute atomic E-state index is 12.6. The molecule has 0 aliphatic heterocycles. The molecule has 0 aliphatic rings. The number of ether oxygens (including phenoxy) is 3. The monoisotopic (exact) mass is 448 g/mol. The van der Waals surface area contributed by atoms with Crippen LogP contribution in [0.25, 0.3) is 16.9 Å². The van der Waals surface area contributed by atoms with E-state index in [4.69, 9.17) is 19.2 Å². The van der Waals surface area contributed by atoms with E-state index in [9.17, 15) is 9.90 Å². The lowest BCUT2D eigenvalue weighted by molar-refractivity contribution is -0.141. The number of aromatic nitrogens is 3. The van der Waals surface area contributed by atoms with Crippen LogP contribution in [-0.4, -0.2) is 52.8 Å². The number of nitrogens with one attached hydrogen (secondary N) is 1. The molecule has 0 aliphatic carbocycles.